The molecule has 2 saturated heterocycles. The normalized spacial score (nSPS) is 26.5. The van der Waals surface area contributed by atoms with E-state index < -0.39 is 109 Å². The molecule has 4 heterocycles. The molecule has 0 aromatic carbocycles. The van der Waals surface area contributed by atoms with E-state index in [4.69, 9.17) is 29.0 Å². The molecule has 2 unspecified atom stereocenters. The Morgan fingerprint density at radius 3 is 2.43 bits per heavy atom. The zero-order valence-electron chi connectivity index (χ0n) is 36.7. The molecule has 0 spiro atoms. The average Bonchev–Trinajstić information content (AvgIpc) is 3.79. The van der Waals surface area contributed by atoms with Crippen molar-refractivity contribution in [1.82, 2.24) is 30.2 Å². The summed E-state index contributed by atoms with van der Waals surface area (Å²) in [6, 6.07) is 0. The van der Waals surface area contributed by atoms with Gasteiger partial charge in [0, 0.05) is 37.1 Å². The zero-order valence-corrected chi connectivity index (χ0v) is 40.2. The Morgan fingerprint density at radius 1 is 1.03 bits per heavy atom. The number of anilines is 1. The second-order valence-corrected chi connectivity index (χ2v) is 21.4. The number of nitrogens with zero attached hydrogens (tertiary/aromatic N) is 4. The van der Waals surface area contributed by atoms with Crippen LogP contribution in [0.2, 0.25) is 0 Å². The van der Waals surface area contributed by atoms with Crippen molar-refractivity contribution < 1.29 is 100 Å². The molecular formula is C35H58N7O21P3S. The number of nitrogens with two attached hydrogens (primary N) is 1. The highest BCUT2D eigenvalue weighted by Gasteiger charge is 2.50. The SMILES string of the molecule is C[C@H](CCC/C=C/C(=O)SCCNC(=O)CCNC(=O)[C@H](O)C(C)(C)COP(=O)(O)OP(=O)(O)OC[C@H]1O[C@@H](n2cnc3c(N)ncnc32)[C@H](O)[C@@H]1OP(=O)(O)O)O[C@@H]1O[C@@H](C)[C@H](O)C[C@H]1O. The first-order valence-corrected chi connectivity index (χ1v) is 26.1. The first kappa shape index (κ1) is 56.7. The van der Waals surface area contributed by atoms with Crippen LogP contribution in [0.15, 0.2) is 24.8 Å². The molecule has 0 aliphatic carbocycles. The van der Waals surface area contributed by atoms with E-state index in [0.29, 0.717) is 19.3 Å². The molecule has 2 amide bonds. The number of nitrogen functional groups attached to an aromatic ring is 1. The number of allylic oxidation sites excluding steroid dienone is 1. The van der Waals surface area contributed by atoms with Gasteiger partial charge in [-0.15, -0.1) is 0 Å². The number of hydrogen-bond donors (Lipinski definition) is 11. The summed E-state index contributed by atoms with van der Waals surface area (Å²) in [5.41, 5.74) is 4.22. The second-order valence-electron chi connectivity index (χ2n) is 16.1. The van der Waals surface area contributed by atoms with Crippen LogP contribution >= 0.6 is 35.2 Å². The van der Waals surface area contributed by atoms with E-state index in [-0.39, 0.29) is 59.9 Å². The lowest BCUT2D eigenvalue weighted by Crippen LogP contribution is -2.48. The highest BCUT2D eigenvalue weighted by molar-refractivity contribution is 8.14. The van der Waals surface area contributed by atoms with Gasteiger partial charge >= 0.3 is 23.5 Å². The van der Waals surface area contributed by atoms with Crippen LogP contribution in [-0.4, -0.2) is 164 Å². The van der Waals surface area contributed by atoms with Gasteiger partial charge in [-0.3, -0.25) is 32.5 Å². The van der Waals surface area contributed by atoms with Gasteiger partial charge in [0.1, 0.15) is 42.4 Å². The van der Waals surface area contributed by atoms with E-state index in [1.165, 1.54) is 19.9 Å². The van der Waals surface area contributed by atoms with E-state index in [2.05, 4.69) is 34.4 Å². The number of aromatic nitrogens is 4. The third-order valence-electron chi connectivity index (χ3n) is 10.0. The van der Waals surface area contributed by atoms with Gasteiger partial charge in [0.2, 0.25) is 16.9 Å². The van der Waals surface area contributed by atoms with E-state index in [1.54, 1.807) is 13.0 Å². The molecule has 0 bridgehead atoms. The quantitative estimate of drug-likeness (QED) is 0.0326. The molecule has 2 aromatic rings. The summed E-state index contributed by atoms with van der Waals surface area (Å²) in [4.78, 5) is 88.2. The van der Waals surface area contributed by atoms with Crippen molar-refractivity contribution in [3.05, 3.63) is 24.8 Å². The van der Waals surface area contributed by atoms with Gasteiger partial charge < -0.3 is 70.6 Å². The molecule has 2 aliphatic rings. The molecule has 32 heteroatoms. The smallest absolute Gasteiger partial charge is 0.390 e. The van der Waals surface area contributed by atoms with Crippen molar-refractivity contribution in [2.45, 2.75) is 121 Å². The molecule has 2 aliphatic heterocycles. The second kappa shape index (κ2) is 24.8. The fourth-order valence-electron chi connectivity index (χ4n) is 6.40. The summed E-state index contributed by atoms with van der Waals surface area (Å²) in [5, 5.41) is 46.1. The minimum absolute atomic E-state index is 0.0215. The fraction of sp³-hybridized carbons (Fsp3) is 0.714. The number of ether oxygens (including phenoxy) is 3. The summed E-state index contributed by atoms with van der Waals surface area (Å²) in [6.07, 6.45) is -4.95. The van der Waals surface area contributed by atoms with Crippen molar-refractivity contribution >= 4 is 69.1 Å². The van der Waals surface area contributed by atoms with Crippen LogP contribution in [0, 0.1) is 5.41 Å². The Labute approximate surface area is 387 Å². The van der Waals surface area contributed by atoms with E-state index in [1.807, 2.05) is 6.92 Å². The van der Waals surface area contributed by atoms with E-state index in [9.17, 15) is 68.1 Å². The molecule has 380 valence electrons. The Kier molecular flexibility index (Phi) is 21.0. The molecular weight excluding hydrogens is 979 g/mol. The molecule has 12 atom stereocenters. The van der Waals surface area contributed by atoms with Gasteiger partial charge in [-0.25, -0.2) is 28.6 Å². The maximum Gasteiger partial charge on any atom is 0.481 e. The number of amides is 2. The largest absolute Gasteiger partial charge is 0.481 e. The van der Waals surface area contributed by atoms with Crippen LogP contribution in [0.25, 0.3) is 11.2 Å². The van der Waals surface area contributed by atoms with Gasteiger partial charge in [0.25, 0.3) is 0 Å². The Morgan fingerprint density at radius 2 is 1.73 bits per heavy atom. The number of thioether (sulfide) groups is 1. The molecule has 12 N–H and O–H groups in total. The molecule has 0 saturated carbocycles. The minimum Gasteiger partial charge on any atom is -0.390 e. The van der Waals surface area contributed by atoms with Gasteiger partial charge in [-0.1, -0.05) is 31.7 Å². The maximum atomic E-state index is 12.7. The average molecular weight is 1040 g/mol. The first-order valence-electron chi connectivity index (χ1n) is 20.6. The van der Waals surface area contributed by atoms with Crippen LogP contribution in [0.1, 0.15) is 66.0 Å². The molecule has 4 rings (SSSR count). The summed E-state index contributed by atoms with van der Waals surface area (Å²) in [7, 11) is -16.5. The number of rotatable bonds is 26. The lowest BCUT2D eigenvalue weighted by atomic mass is 9.87. The number of imidazole rings is 1. The number of carbonyl (C=O) groups is 3. The Bertz CT molecular complexity index is 2170. The Balaban J connectivity index is 1.12. The van der Waals surface area contributed by atoms with Crippen LogP contribution in [0.4, 0.5) is 5.82 Å². The number of unbranched alkanes of at least 4 members (excludes halogenated alkanes) is 1. The third kappa shape index (κ3) is 17.8. The van der Waals surface area contributed by atoms with Crippen molar-refractivity contribution in [2.75, 3.05) is 37.8 Å². The van der Waals surface area contributed by atoms with Crippen LogP contribution in [-0.2, 0) is 60.2 Å². The van der Waals surface area contributed by atoms with E-state index in [0.717, 1.165) is 29.0 Å². The summed E-state index contributed by atoms with van der Waals surface area (Å²) in [5.74, 6) is -1.27. The van der Waals surface area contributed by atoms with Crippen molar-refractivity contribution in [2.24, 2.45) is 5.41 Å². The fourth-order valence-corrected chi connectivity index (χ4v) is 9.82. The number of aliphatic hydroxyl groups excluding tert-OH is 4. The number of fused-ring (bicyclic) bond motifs is 1. The van der Waals surface area contributed by atoms with Gasteiger partial charge in [-0.05, 0) is 39.2 Å². The molecule has 2 aromatic heterocycles. The summed E-state index contributed by atoms with van der Waals surface area (Å²) < 4.78 is 73.6. The van der Waals surface area contributed by atoms with Gasteiger partial charge in [-0.2, -0.15) is 4.31 Å². The minimum atomic E-state index is -5.60. The number of phosphoric acid groups is 3. The van der Waals surface area contributed by atoms with E-state index >= 15 is 0 Å². The molecule has 0 radical (unpaired) electrons. The third-order valence-corrected chi connectivity index (χ3v) is 14.0. The topological polar surface area (TPSA) is 423 Å². The number of hydrogen-bond acceptors (Lipinski definition) is 22. The molecule has 67 heavy (non-hydrogen) atoms. The molecule has 28 nitrogen and oxygen atoms in total. The lowest BCUT2D eigenvalue weighted by molar-refractivity contribution is -0.273. The number of carbonyl (C=O) groups excluding carboxylic acids is 3. The first-order chi connectivity index (χ1) is 31.2. The molecule has 2 fully saturated rings. The lowest BCUT2D eigenvalue weighted by Gasteiger charge is -2.36. The number of phosphoric ester groups is 3. The zero-order chi connectivity index (χ0) is 49.9. The van der Waals surface area contributed by atoms with Crippen LogP contribution in [0.3, 0.4) is 0 Å². The standard InChI is InChI=1S/C35H58N7O21P3S/c1-19(59-34-22(44)14-21(43)20(2)60-34)8-6-5-7-9-25(46)67-13-12-37-24(45)10-11-38-32(49)29(48)35(3,4)16-58-66(55,56)63-65(53,54)57-15-23-28(62-64(50,51)52)27(47)33(61-23)42-18-41-26-30(36)39-17-40-31(26)42/h7,9,17-23,27-29,33-34,43-44,47-48H,5-6,8,10-16H2,1-4H3,(H,37,45)(H,38,49)(H,53,54)(H,55,56)(H2,36,39,40)(H2,50,51,52)/b9-7+/t19-,20+,21-,22-,23-,27-,28-,29+,33-,34-/m1/s1. The highest BCUT2D eigenvalue weighted by Crippen LogP contribution is 2.61. The summed E-state index contributed by atoms with van der Waals surface area (Å²) >= 11 is 0.982. The van der Waals surface area contributed by atoms with Gasteiger partial charge in [0.15, 0.2) is 24.0 Å². The highest BCUT2D eigenvalue weighted by atomic mass is 32.2. The van der Waals surface area contributed by atoms with Crippen molar-refractivity contribution in [3.63, 3.8) is 0 Å². The Hall–Kier alpha value is -2.86. The van der Waals surface area contributed by atoms with Crippen molar-refractivity contribution in [3.8, 4) is 0 Å². The van der Waals surface area contributed by atoms with Crippen molar-refractivity contribution in [1.29, 1.82) is 0 Å². The predicted molar refractivity (Wildman–Crippen MR) is 232 cm³/mol. The number of aliphatic hydroxyl groups is 4. The van der Waals surface area contributed by atoms with Crippen LogP contribution in [0.5, 0.6) is 0 Å². The van der Waals surface area contributed by atoms with Crippen LogP contribution < -0.4 is 16.4 Å². The monoisotopic (exact) mass is 1040 g/mol. The summed E-state index contributed by atoms with van der Waals surface area (Å²) in [6.45, 7) is 3.88. The number of nitrogens with one attached hydrogen (secondary N) is 2. The maximum absolute atomic E-state index is 12.7. The predicted octanol–water partition coefficient (Wildman–Crippen LogP) is -0.347. The van der Waals surface area contributed by atoms with Gasteiger partial charge in [0.05, 0.1) is 37.9 Å².